The van der Waals surface area contributed by atoms with Crippen LogP contribution in [0.5, 0.6) is 0 Å². The molecule has 0 saturated heterocycles. The van der Waals surface area contributed by atoms with Crippen LogP contribution in [0.4, 0.5) is 13.2 Å². The standard InChI is InChI=1S/C15H8BrF3O2/c16-12-8(4-5-9(17)13(12)19)14(20)11-6-7-2-1-3-10(18)15(7)21-11/h1-6,14,20H. The molecule has 0 fully saturated rings. The molecule has 0 radical (unpaired) electrons. The molecule has 0 spiro atoms. The van der Waals surface area contributed by atoms with Gasteiger partial charge >= 0.3 is 0 Å². The zero-order valence-corrected chi connectivity index (χ0v) is 12.0. The molecule has 2 aromatic carbocycles. The summed E-state index contributed by atoms with van der Waals surface area (Å²) in [6, 6.07) is 7.96. The van der Waals surface area contributed by atoms with Gasteiger partial charge in [-0.25, -0.2) is 13.2 Å². The topological polar surface area (TPSA) is 33.4 Å². The van der Waals surface area contributed by atoms with Crippen LogP contribution in [0.25, 0.3) is 11.0 Å². The van der Waals surface area contributed by atoms with Gasteiger partial charge in [-0.05, 0) is 34.1 Å². The molecule has 0 amide bonds. The maximum atomic E-state index is 13.6. The van der Waals surface area contributed by atoms with Crippen molar-refractivity contribution in [3.63, 3.8) is 0 Å². The number of hydrogen-bond acceptors (Lipinski definition) is 2. The average molecular weight is 357 g/mol. The van der Waals surface area contributed by atoms with Gasteiger partial charge in [-0.2, -0.15) is 0 Å². The van der Waals surface area contributed by atoms with E-state index < -0.39 is 23.6 Å². The second-order valence-corrected chi connectivity index (χ2v) is 5.27. The van der Waals surface area contributed by atoms with Crippen molar-refractivity contribution in [1.82, 2.24) is 0 Å². The van der Waals surface area contributed by atoms with Crippen LogP contribution < -0.4 is 0 Å². The summed E-state index contributed by atoms with van der Waals surface area (Å²) in [5, 5.41) is 10.7. The molecule has 0 bridgehead atoms. The minimum atomic E-state index is -1.35. The molecular weight excluding hydrogens is 349 g/mol. The number of aliphatic hydroxyl groups is 1. The number of benzene rings is 2. The minimum Gasteiger partial charge on any atom is -0.455 e. The molecule has 0 aliphatic heterocycles. The Bertz CT molecular complexity index is 829. The molecule has 3 rings (SSSR count). The number of hydrogen-bond donors (Lipinski definition) is 1. The zero-order chi connectivity index (χ0) is 15.1. The Morgan fingerprint density at radius 1 is 1.05 bits per heavy atom. The third-order valence-corrected chi connectivity index (χ3v) is 3.95. The van der Waals surface area contributed by atoms with Crippen LogP contribution in [0.15, 0.2) is 45.3 Å². The molecule has 0 saturated carbocycles. The van der Waals surface area contributed by atoms with E-state index >= 15 is 0 Å². The summed E-state index contributed by atoms with van der Waals surface area (Å²) in [6.45, 7) is 0. The second-order valence-electron chi connectivity index (χ2n) is 4.47. The summed E-state index contributed by atoms with van der Waals surface area (Å²) >= 11 is 2.90. The molecule has 3 aromatic rings. The lowest BCUT2D eigenvalue weighted by Crippen LogP contribution is -2.02. The Morgan fingerprint density at radius 3 is 2.52 bits per heavy atom. The van der Waals surface area contributed by atoms with Crippen LogP contribution in [-0.4, -0.2) is 5.11 Å². The van der Waals surface area contributed by atoms with Crippen LogP contribution in [0.1, 0.15) is 17.4 Å². The Kier molecular flexibility index (Phi) is 3.51. The van der Waals surface area contributed by atoms with E-state index in [-0.39, 0.29) is 21.4 Å². The maximum Gasteiger partial charge on any atom is 0.173 e. The molecule has 0 aliphatic carbocycles. The van der Waals surface area contributed by atoms with Gasteiger partial charge in [0.05, 0.1) is 4.47 Å². The number of rotatable bonds is 2. The molecule has 2 nitrogen and oxygen atoms in total. The van der Waals surface area contributed by atoms with E-state index in [2.05, 4.69) is 15.9 Å². The predicted octanol–water partition coefficient (Wildman–Crippen LogP) is 4.69. The highest BCUT2D eigenvalue weighted by molar-refractivity contribution is 9.10. The van der Waals surface area contributed by atoms with Gasteiger partial charge in [-0.3, -0.25) is 0 Å². The first-order chi connectivity index (χ1) is 9.99. The highest BCUT2D eigenvalue weighted by Gasteiger charge is 2.22. The normalized spacial score (nSPS) is 12.8. The largest absolute Gasteiger partial charge is 0.455 e. The molecule has 21 heavy (non-hydrogen) atoms. The van der Waals surface area contributed by atoms with E-state index in [1.165, 1.54) is 24.3 Å². The van der Waals surface area contributed by atoms with Crippen molar-refractivity contribution in [3.05, 3.63) is 69.6 Å². The lowest BCUT2D eigenvalue weighted by molar-refractivity contribution is 0.190. The van der Waals surface area contributed by atoms with Crippen LogP contribution in [0, 0.1) is 17.5 Å². The molecule has 1 N–H and O–H groups in total. The van der Waals surface area contributed by atoms with Gasteiger partial charge < -0.3 is 9.52 Å². The van der Waals surface area contributed by atoms with Gasteiger partial charge in [0.2, 0.25) is 0 Å². The van der Waals surface area contributed by atoms with E-state index in [4.69, 9.17) is 4.42 Å². The molecule has 1 unspecified atom stereocenters. The van der Waals surface area contributed by atoms with Crippen molar-refractivity contribution in [2.75, 3.05) is 0 Å². The van der Waals surface area contributed by atoms with Crippen molar-refractivity contribution in [2.45, 2.75) is 6.10 Å². The number of halogens is 4. The smallest absolute Gasteiger partial charge is 0.173 e. The molecule has 0 aliphatic rings. The summed E-state index contributed by atoms with van der Waals surface area (Å²) in [5.74, 6) is -2.65. The maximum absolute atomic E-state index is 13.6. The molecule has 1 heterocycles. The number of fused-ring (bicyclic) bond motifs is 1. The Hall–Kier alpha value is -1.79. The predicted molar refractivity (Wildman–Crippen MR) is 74.3 cm³/mol. The minimum absolute atomic E-state index is 0.00487. The highest BCUT2D eigenvalue weighted by Crippen LogP contribution is 2.34. The van der Waals surface area contributed by atoms with Crippen LogP contribution in [0.2, 0.25) is 0 Å². The Balaban J connectivity index is 2.10. The van der Waals surface area contributed by atoms with Crippen LogP contribution in [-0.2, 0) is 0 Å². The molecule has 108 valence electrons. The summed E-state index contributed by atoms with van der Waals surface area (Å²) in [7, 11) is 0. The van der Waals surface area contributed by atoms with Crippen molar-refractivity contribution < 1.29 is 22.7 Å². The van der Waals surface area contributed by atoms with Crippen LogP contribution >= 0.6 is 15.9 Å². The zero-order valence-electron chi connectivity index (χ0n) is 10.4. The Labute approximate surface area is 125 Å². The van der Waals surface area contributed by atoms with Gasteiger partial charge in [0.1, 0.15) is 11.9 Å². The monoisotopic (exact) mass is 356 g/mol. The third kappa shape index (κ3) is 2.34. The van der Waals surface area contributed by atoms with Gasteiger partial charge in [-0.1, -0.05) is 18.2 Å². The lowest BCUT2D eigenvalue weighted by atomic mass is 10.1. The molecule has 1 aromatic heterocycles. The first-order valence-corrected chi connectivity index (χ1v) is 6.77. The van der Waals surface area contributed by atoms with Crippen molar-refractivity contribution in [3.8, 4) is 0 Å². The number of aliphatic hydroxyl groups excluding tert-OH is 1. The van der Waals surface area contributed by atoms with Gasteiger partial charge in [0.15, 0.2) is 23.0 Å². The summed E-state index contributed by atoms with van der Waals surface area (Å²) in [5.41, 5.74) is 0.0959. The van der Waals surface area contributed by atoms with Crippen molar-refractivity contribution >= 4 is 26.9 Å². The molecular formula is C15H8BrF3O2. The SMILES string of the molecule is OC(c1cc2cccc(F)c2o1)c1ccc(F)c(F)c1Br. The van der Waals surface area contributed by atoms with Crippen LogP contribution in [0.3, 0.4) is 0 Å². The molecule has 6 heteroatoms. The van der Waals surface area contributed by atoms with Gasteiger partial charge in [-0.15, -0.1) is 0 Å². The van der Waals surface area contributed by atoms with E-state index in [1.54, 1.807) is 6.07 Å². The van der Waals surface area contributed by atoms with Gasteiger partial charge in [0.25, 0.3) is 0 Å². The second kappa shape index (κ2) is 5.20. The first-order valence-electron chi connectivity index (χ1n) is 5.98. The highest BCUT2D eigenvalue weighted by atomic mass is 79.9. The fraction of sp³-hybridized carbons (Fsp3) is 0.0667. The number of furan rings is 1. The van der Waals surface area contributed by atoms with E-state index in [1.807, 2.05) is 0 Å². The summed E-state index contributed by atoms with van der Waals surface area (Å²) < 4.78 is 45.2. The first kappa shape index (κ1) is 14.2. The van der Waals surface area contributed by atoms with Crippen molar-refractivity contribution in [1.29, 1.82) is 0 Å². The van der Waals surface area contributed by atoms with E-state index in [9.17, 15) is 18.3 Å². The molecule has 1 atom stereocenters. The summed E-state index contributed by atoms with van der Waals surface area (Å²) in [6.07, 6.45) is -1.35. The van der Waals surface area contributed by atoms with Crippen molar-refractivity contribution in [2.24, 2.45) is 0 Å². The van der Waals surface area contributed by atoms with E-state index in [0.717, 1.165) is 6.07 Å². The quantitative estimate of drug-likeness (QED) is 0.675. The average Bonchev–Trinajstić information content (AvgIpc) is 2.90. The van der Waals surface area contributed by atoms with E-state index in [0.29, 0.717) is 5.39 Å². The number of para-hydroxylation sites is 1. The fourth-order valence-corrected chi connectivity index (χ4v) is 2.63. The Morgan fingerprint density at radius 2 is 1.81 bits per heavy atom. The lowest BCUT2D eigenvalue weighted by Gasteiger charge is -2.11. The summed E-state index contributed by atoms with van der Waals surface area (Å²) in [4.78, 5) is 0. The van der Waals surface area contributed by atoms with Gasteiger partial charge in [0, 0.05) is 10.9 Å². The third-order valence-electron chi connectivity index (χ3n) is 3.14. The fourth-order valence-electron chi connectivity index (χ4n) is 2.09.